The van der Waals surface area contributed by atoms with Gasteiger partial charge in [0.25, 0.3) is 0 Å². The summed E-state index contributed by atoms with van der Waals surface area (Å²) in [6, 6.07) is 0. The standard InChI is InChI=1S/C18H33N3O2.2ClH/c1-14(2)11-21-7-8-23-16(12-21)10-20-17(22)18-6-4-3-5-15(18)9-19-13-18;;/h14-16,19H,3-13H2,1-2H3,(H,20,22);2*1H/t15-,16?,18+;;/m0../s1. The highest BCUT2D eigenvalue weighted by molar-refractivity contribution is 5.85. The molecule has 2 aliphatic heterocycles. The number of carbonyl (C=O) groups is 1. The first-order chi connectivity index (χ1) is 11.1. The second kappa shape index (κ2) is 10.3. The van der Waals surface area contributed by atoms with Crippen molar-refractivity contribution in [2.24, 2.45) is 17.3 Å². The quantitative estimate of drug-likeness (QED) is 0.747. The van der Waals surface area contributed by atoms with Crippen molar-refractivity contribution in [3.63, 3.8) is 0 Å². The molecule has 25 heavy (non-hydrogen) atoms. The molecule has 0 radical (unpaired) electrons. The van der Waals surface area contributed by atoms with E-state index in [1.54, 1.807) is 0 Å². The Hall–Kier alpha value is -0.0700. The summed E-state index contributed by atoms with van der Waals surface area (Å²) in [6.45, 7) is 10.9. The Labute approximate surface area is 164 Å². The maximum atomic E-state index is 12.9. The number of morpholine rings is 1. The van der Waals surface area contributed by atoms with Crippen LogP contribution in [-0.4, -0.2) is 62.8 Å². The van der Waals surface area contributed by atoms with Crippen LogP contribution >= 0.6 is 24.8 Å². The van der Waals surface area contributed by atoms with Crippen LogP contribution in [0.5, 0.6) is 0 Å². The van der Waals surface area contributed by atoms with Crippen molar-refractivity contribution < 1.29 is 9.53 Å². The fourth-order valence-electron chi connectivity index (χ4n) is 4.66. The number of halogens is 2. The van der Waals surface area contributed by atoms with Crippen molar-refractivity contribution >= 4 is 30.7 Å². The van der Waals surface area contributed by atoms with Crippen LogP contribution in [0.4, 0.5) is 0 Å². The molecule has 7 heteroatoms. The van der Waals surface area contributed by atoms with E-state index >= 15 is 0 Å². The first-order valence-electron chi connectivity index (χ1n) is 9.43. The fraction of sp³-hybridized carbons (Fsp3) is 0.944. The van der Waals surface area contributed by atoms with Crippen molar-refractivity contribution in [3.8, 4) is 0 Å². The average Bonchev–Trinajstić information content (AvgIpc) is 2.97. The molecule has 3 aliphatic rings. The molecule has 2 heterocycles. The smallest absolute Gasteiger partial charge is 0.227 e. The number of nitrogens with zero attached hydrogens (tertiary/aromatic N) is 1. The van der Waals surface area contributed by atoms with E-state index < -0.39 is 0 Å². The van der Waals surface area contributed by atoms with Gasteiger partial charge in [0.15, 0.2) is 0 Å². The summed E-state index contributed by atoms with van der Waals surface area (Å²) in [4.78, 5) is 15.3. The summed E-state index contributed by atoms with van der Waals surface area (Å²) in [5.41, 5.74) is -0.148. The zero-order chi connectivity index (χ0) is 16.3. The minimum Gasteiger partial charge on any atom is -0.374 e. The molecule has 0 bridgehead atoms. The topological polar surface area (TPSA) is 53.6 Å². The lowest BCUT2D eigenvalue weighted by Crippen LogP contribution is -2.52. The Morgan fingerprint density at radius 1 is 1.36 bits per heavy atom. The molecule has 0 aromatic heterocycles. The Bertz CT molecular complexity index is 425. The Morgan fingerprint density at radius 2 is 2.16 bits per heavy atom. The minimum absolute atomic E-state index is 0. The van der Waals surface area contributed by atoms with Crippen LogP contribution in [0.1, 0.15) is 39.5 Å². The zero-order valence-corrected chi connectivity index (χ0v) is 17.2. The van der Waals surface area contributed by atoms with Gasteiger partial charge < -0.3 is 15.4 Å². The molecule has 0 aromatic rings. The van der Waals surface area contributed by atoms with Gasteiger partial charge in [0.1, 0.15) is 0 Å². The predicted molar refractivity (Wildman–Crippen MR) is 106 cm³/mol. The first-order valence-corrected chi connectivity index (χ1v) is 9.43. The first kappa shape index (κ1) is 23.0. The number of fused-ring (bicyclic) bond motifs is 1. The van der Waals surface area contributed by atoms with E-state index in [1.165, 1.54) is 19.3 Å². The van der Waals surface area contributed by atoms with Gasteiger partial charge in [-0.15, -0.1) is 24.8 Å². The van der Waals surface area contributed by atoms with E-state index in [9.17, 15) is 4.79 Å². The normalized spacial score (nSPS) is 32.4. The number of hydrogen-bond donors (Lipinski definition) is 2. The molecule has 148 valence electrons. The van der Waals surface area contributed by atoms with Gasteiger partial charge in [-0.2, -0.15) is 0 Å². The lowest BCUT2D eigenvalue weighted by Gasteiger charge is -2.38. The summed E-state index contributed by atoms with van der Waals surface area (Å²) >= 11 is 0. The van der Waals surface area contributed by atoms with E-state index in [0.29, 0.717) is 18.4 Å². The summed E-state index contributed by atoms with van der Waals surface area (Å²) in [7, 11) is 0. The third-order valence-corrected chi connectivity index (χ3v) is 5.83. The average molecular weight is 396 g/mol. The van der Waals surface area contributed by atoms with E-state index in [2.05, 4.69) is 29.4 Å². The van der Waals surface area contributed by atoms with Crippen molar-refractivity contribution in [2.75, 3.05) is 45.9 Å². The molecule has 1 aliphatic carbocycles. The van der Waals surface area contributed by atoms with Crippen molar-refractivity contribution in [1.29, 1.82) is 0 Å². The third kappa shape index (κ3) is 5.46. The van der Waals surface area contributed by atoms with Gasteiger partial charge in [0.05, 0.1) is 18.1 Å². The van der Waals surface area contributed by atoms with Crippen molar-refractivity contribution in [2.45, 2.75) is 45.6 Å². The zero-order valence-electron chi connectivity index (χ0n) is 15.6. The van der Waals surface area contributed by atoms with Crippen LogP contribution in [0.15, 0.2) is 0 Å². The second-order valence-corrected chi connectivity index (χ2v) is 8.09. The van der Waals surface area contributed by atoms with E-state index in [-0.39, 0.29) is 42.2 Å². The highest BCUT2D eigenvalue weighted by Gasteiger charge is 2.49. The summed E-state index contributed by atoms with van der Waals surface area (Å²) in [5, 5.41) is 6.68. The Morgan fingerprint density at radius 3 is 2.92 bits per heavy atom. The molecule has 5 nitrogen and oxygen atoms in total. The highest BCUT2D eigenvalue weighted by Crippen LogP contribution is 2.43. The maximum absolute atomic E-state index is 12.9. The summed E-state index contributed by atoms with van der Waals surface area (Å²) in [5.74, 6) is 1.47. The molecule has 0 spiro atoms. The van der Waals surface area contributed by atoms with E-state index in [4.69, 9.17) is 4.74 Å². The molecule has 0 aromatic carbocycles. The minimum atomic E-state index is -0.148. The fourth-order valence-corrected chi connectivity index (χ4v) is 4.66. The number of ether oxygens (including phenoxy) is 1. The molecular formula is C18H35Cl2N3O2. The Kier molecular flexibility index (Phi) is 9.47. The lowest BCUT2D eigenvalue weighted by atomic mass is 9.67. The summed E-state index contributed by atoms with van der Waals surface area (Å²) in [6.07, 6.45) is 4.84. The van der Waals surface area contributed by atoms with Gasteiger partial charge in [-0.3, -0.25) is 9.69 Å². The van der Waals surface area contributed by atoms with Gasteiger partial charge in [-0.1, -0.05) is 26.7 Å². The third-order valence-electron chi connectivity index (χ3n) is 5.83. The maximum Gasteiger partial charge on any atom is 0.227 e. The molecule has 3 atom stereocenters. The monoisotopic (exact) mass is 395 g/mol. The van der Waals surface area contributed by atoms with E-state index in [0.717, 1.165) is 45.8 Å². The Balaban J connectivity index is 0.00000156. The number of amides is 1. The van der Waals surface area contributed by atoms with E-state index in [1.807, 2.05) is 0 Å². The van der Waals surface area contributed by atoms with Crippen LogP contribution in [-0.2, 0) is 9.53 Å². The molecule has 3 fully saturated rings. The van der Waals surface area contributed by atoms with Crippen LogP contribution in [0.25, 0.3) is 0 Å². The molecule has 2 N–H and O–H groups in total. The van der Waals surface area contributed by atoms with Crippen LogP contribution < -0.4 is 10.6 Å². The van der Waals surface area contributed by atoms with Gasteiger partial charge in [0.2, 0.25) is 5.91 Å². The lowest BCUT2D eigenvalue weighted by molar-refractivity contribution is -0.135. The predicted octanol–water partition coefficient (Wildman–Crippen LogP) is 2.08. The molecule has 3 rings (SSSR count). The van der Waals surface area contributed by atoms with Crippen LogP contribution in [0.3, 0.4) is 0 Å². The van der Waals surface area contributed by atoms with Crippen LogP contribution in [0, 0.1) is 17.3 Å². The van der Waals surface area contributed by atoms with Crippen LogP contribution in [0.2, 0.25) is 0 Å². The number of carbonyl (C=O) groups excluding carboxylic acids is 1. The molecule has 1 amide bonds. The summed E-state index contributed by atoms with van der Waals surface area (Å²) < 4.78 is 5.86. The number of hydrogen-bond acceptors (Lipinski definition) is 4. The SMILES string of the molecule is CC(C)CN1CCOC(CNC(=O)[C@@]23CCCC[C@H]2CNC3)C1.Cl.Cl. The van der Waals surface area contributed by atoms with Crippen molar-refractivity contribution in [1.82, 2.24) is 15.5 Å². The molecular weight excluding hydrogens is 361 g/mol. The molecule has 1 unspecified atom stereocenters. The van der Waals surface area contributed by atoms with Gasteiger partial charge in [-0.05, 0) is 31.2 Å². The molecule has 1 saturated carbocycles. The largest absolute Gasteiger partial charge is 0.374 e. The molecule has 2 saturated heterocycles. The highest BCUT2D eigenvalue weighted by atomic mass is 35.5. The van der Waals surface area contributed by atoms with Crippen molar-refractivity contribution in [3.05, 3.63) is 0 Å². The van der Waals surface area contributed by atoms with Gasteiger partial charge in [-0.25, -0.2) is 0 Å². The van der Waals surface area contributed by atoms with Gasteiger partial charge in [0, 0.05) is 32.7 Å². The number of rotatable bonds is 5. The van der Waals surface area contributed by atoms with Gasteiger partial charge >= 0.3 is 0 Å². The second-order valence-electron chi connectivity index (χ2n) is 8.09. The number of nitrogens with one attached hydrogen (secondary N) is 2.